The molecule has 0 aromatic carbocycles. The Morgan fingerprint density at radius 1 is 1.09 bits per heavy atom. The van der Waals surface area contributed by atoms with Gasteiger partial charge in [-0.1, -0.05) is 36.2 Å². The summed E-state index contributed by atoms with van der Waals surface area (Å²) in [5, 5.41) is 40.9. The monoisotopic (exact) mass is 461 g/mol. The molecule has 0 aromatic rings. The van der Waals surface area contributed by atoms with Gasteiger partial charge in [0.1, 0.15) is 0 Å². The number of hydrogen-bond donors (Lipinski definition) is 3. The lowest BCUT2D eigenvalue weighted by Gasteiger charge is -2.60. The van der Waals surface area contributed by atoms with Crippen molar-refractivity contribution in [1.82, 2.24) is 0 Å². The van der Waals surface area contributed by atoms with Gasteiger partial charge in [-0.15, -0.1) is 0 Å². The largest absolute Gasteiger partial charge is 0.469 e. The predicted octanol–water partition coefficient (Wildman–Crippen LogP) is 4.95. The van der Waals surface area contributed by atoms with Gasteiger partial charge in [-0.2, -0.15) is 0 Å². The topological polar surface area (TPSA) is 124 Å². The fraction of sp³-hybridized carbons (Fsp3) is 0.840. The fourth-order valence-corrected chi connectivity index (χ4v) is 8.45. The van der Waals surface area contributed by atoms with E-state index in [9.17, 15) is 20.4 Å². The molecule has 5 unspecified atom stereocenters. The summed E-state index contributed by atoms with van der Waals surface area (Å²) in [6.07, 6.45) is 6.97. The van der Waals surface area contributed by atoms with E-state index in [1.807, 2.05) is 0 Å². The van der Waals surface area contributed by atoms with E-state index in [2.05, 4.69) is 36.2 Å². The van der Waals surface area contributed by atoms with Crippen LogP contribution in [0, 0.1) is 46.3 Å². The van der Waals surface area contributed by atoms with Crippen molar-refractivity contribution in [3.8, 4) is 0 Å². The van der Waals surface area contributed by atoms with Crippen molar-refractivity contribution >= 4 is 23.1 Å². The molecule has 0 amide bonds. The Kier molecular flexibility index (Phi) is 6.49. The molecule has 33 heavy (non-hydrogen) atoms. The Morgan fingerprint density at radius 3 is 2.48 bits per heavy atom. The second-order valence-electron chi connectivity index (χ2n) is 11.4. The molecule has 4 aliphatic carbocycles. The maximum absolute atomic E-state index is 11.7. The van der Waals surface area contributed by atoms with E-state index in [4.69, 9.17) is 4.74 Å². The van der Waals surface area contributed by atoms with Gasteiger partial charge in [0, 0.05) is 17.8 Å². The van der Waals surface area contributed by atoms with E-state index in [0.29, 0.717) is 25.2 Å². The lowest BCUT2D eigenvalue weighted by Crippen LogP contribution is -2.60. The highest BCUT2D eigenvalue weighted by Gasteiger charge is 2.65. The van der Waals surface area contributed by atoms with Gasteiger partial charge in [0.15, 0.2) is 0 Å². The van der Waals surface area contributed by atoms with E-state index in [0.717, 1.165) is 55.7 Å². The number of methoxy groups -OCH3 is 1. The molecule has 4 aliphatic rings. The van der Waals surface area contributed by atoms with Gasteiger partial charge in [-0.25, -0.2) is 0 Å². The zero-order valence-electron chi connectivity index (χ0n) is 20.3. The van der Waals surface area contributed by atoms with Crippen LogP contribution in [0.5, 0.6) is 0 Å². The lowest BCUT2D eigenvalue weighted by molar-refractivity contribution is -0.141. The van der Waals surface area contributed by atoms with Crippen LogP contribution in [0.4, 0.5) is 0 Å². The molecule has 4 fully saturated rings. The molecular formula is C25H39N3O5. The van der Waals surface area contributed by atoms with Crippen molar-refractivity contribution < 1.29 is 25.2 Å². The first-order valence-electron chi connectivity index (χ1n) is 12.4. The van der Waals surface area contributed by atoms with Gasteiger partial charge in [0.05, 0.1) is 24.2 Å². The Balaban J connectivity index is 1.67. The molecule has 0 aromatic heterocycles. The zero-order valence-corrected chi connectivity index (χ0v) is 20.3. The number of rotatable bonds is 4. The van der Waals surface area contributed by atoms with Crippen LogP contribution in [0.1, 0.15) is 78.6 Å². The Hall–Kier alpha value is -2.12. The average Bonchev–Trinajstić information content (AvgIpc) is 3.18. The number of nitrogens with zero attached hydrogens (tertiary/aromatic N) is 3. The van der Waals surface area contributed by atoms with E-state index >= 15 is 0 Å². The molecule has 8 heteroatoms. The van der Waals surface area contributed by atoms with Crippen LogP contribution in [0.3, 0.4) is 0 Å². The summed E-state index contributed by atoms with van der Waals surface area (Å²) in [6.45, 7) is 6.76. The number of oxime groups is 3. The molecule has 0 saturated heterocycles. The quantitative estimate of drug-likeness (QED) is 0.311. The van der Waals surface area contributed by atoms with Crippen molar-refractivity contribution in [3.05, 3.63) is 0 Å². The SMILES string of the molecule is COC(=O)CCC(C)[C@H]1CCC2C3/C(=N/O)CC4C/C(=N/O)CC[C@]4(C)C3C/C(=N\O)[C@@]21C. The van der Waals surface area contributed by atoms with Crippen LogP contribution in [-0.2, 0) is 9.53 Å². The molecule has 8 nitrogen and oxygen atoms in total. The molecule has 0 heterocycles. The number of fused-ring (bicyclic) bond motifs is 5. The van der Waals surface area contributed by atoms with Gasteiger partial charge >= 0.3 is 5.97 Å². The Labute approximate surface area is 196 Å². The first kappa shape index (κ1) is 24.0. The van der Waals surface area contributed by atoms with Crippen molar-refractivity contribution in [2.75, 3.05) is 7.11 Å². The van der Waals surface area contributed by atoms with Gasteiger partial charge in [0.25, 0.3) is 0 Å². The number of ether oxygens (including phenoxy) is 1. The fourth-order valence-electron chi connectivity index (χ4n) is 8.45. The summed E-state index contributed by atoms with van der Waals surface area (Å²) in [6, 6.07) is 0. The minimum absolute atomic E-state index is 0.0128. The standard InChI is InChI=1S/C25H39N3O5/c1-14(5-8-22(29)33-4)17-6-7-18-23-19(13-21(28-32)25(17,18)3)24(2)10-9-16(26-30)11-15(24)12-20(23)27-31/h14-15,17-19,23,30-32H,5-13H2,1-4H3/b26-16+,27-20+,28-21+/t14?,15?,17-,18?,19?,23?,24+,25-/m1/s1. The minimum Gasteiger partial charge on any atom is -0.469 e. The second kappa shape index (κ2) is 8.91. The van der Waals surface area contributed by atoms with Crippen molar-refractivity contribution in [2.24, 2.45) is 61.8 Å². The molecule has 4 rings (SSSR count). The maximum atomic E-state index is 11.7. The molecular weight excluding hydrogens is 422 g/mol. The van der Waals surface area contributed by atoms with Crippen molar-refractivity contribution in [2.45, 2.75) is 78.6 Å². The summed E-state index contributed by atoms with van der Waals surface area (Å²) in [5.74, 6) is 1.27. The number of carbonyl (C=O) groups excluding carboxylic acids is 1. The third-order valence-corrected chi connectivity index (χ3v) is 10.4. The molecule has 4 saturated carbocycles. The van der Waals surface area contributed by atoms with Crippen molar-refractivity contribution in [3.63, 3.8) is 0 Å². The minimum atomic E-state index is -0.295. The smallest absolute Gasteiger partial charge is 0.305 e. The highest BCUT2D eigenvalue weighted by Crippen LogP contribution is 2.66. The number of hydrogen-bond acceptors (Lipinski definition) is 8. The summed E-state index contributed by atoms with van der Waals surface area (Å²) >= 11 is 0. The normalized spacial score (nSPS) is 44.8. The number of carbonyl (C=O) groups is 1. The summed E-state index contributed by atoms with van der Waals surface area (Å²) in [5.41, 5.74) is 2.26. The van der Waals surface area contributed by atoms with E-state index in [1.54, 1.807) is 0 Å². The molecule has 0 aliphatic heterocycles. The third-order valence-electron chi connectivity index (χ3n) is 10.4. The third kappa shape index (κ3) is 3.64. The molecule has 0 spiro atoms. The first-order valence-corrected chi connectivity index (χ1v) is 12.4. The Morgan fingerprint density at radius 2 is 1.85 bits per heavy atom. The highest BCUT2D eigenvalue weighted by molar-refractivity contribution is 5.97. The molecule has 3 N–H and O–H groups in total. The van der Waals surface area contributed by atoms with Crippen LogP contribution >= 0.6 is 0 Å². The second-order valence-corrected chi connectivity index (χ2v) is 11.4. The van der Waals surface area contributed by atoms with Crippen molar-refractivity contribution in [1.29, 1.82) is 0 Å². The van der Waals surface area contributed by atoms with E-state index < -0.39 is 0 Å². The molecule has 8 atom stereocenters. The van der Waals surface area contributed by atoms with Gasteiger partial charge < -0.3 is 20.4 Å². The van der Waals surface area contributed by atoms with E-state index in [1.165, 1.54) is 7.11 Å². The summed E-state index contributed by atoms with van der Waals surface area (Å²) < 4.78 is 4.84. The van der Waals surface area contributed by atoms with Crippen LogP contribution in [0.2, 0.25) is 0 Å². The highest BCUT2D eigenvalue weighted by atomic mass is 16.5. The summed E-state index contributed by atoms with van der Waals surface area (Å²) in [7, 11) is 1.42. The first-order chi connectivity index (χ1) is 15.7. The average molecular weight is 462 g/mol. The lowest BCUT2D eigenvalue weighted by atomic mass is 9.43. The molecule has 0 bridgehead atoms. The number of esters is 1. The van der Waals surface area contributed by atoms with Crippen LogP contribution in [0.15, 0.2) is 15.5 Å². The molecule has 0 radical (unpaired) electrons. The summed E-state index contributed by atoms with van der Waals surface area (Å²) in [4.78, 5) is 11.7. The van der Waals surface area contributed by atoms with Crippen LogP contribution < -0.4 is 0 Å². The van der Waals surface area contributed by atoms with Gasteiger partial charge in [-0.3, -0.25) is 4.79 Å². The van der Waals surface area contributed by atoms with Crippen LogP contribution in [0.25, 0.3) is 0 Å². The van der Waals surface area contributed by atoms with Gasteiger partial charge in [0.2, 0.25) is 0 Å². The zero-order chi connectivity index (χ0) is 24.0. The Bertz CT molecular complexity index is 870. The van der Waals surface area contributed by atoms with E-state index in [-0.39, 0.29) is 46.4 Å². The maximum Gasteiger partial charge on any atom is 0.305 e. The predicted molar refractivity (Wildman–Crippen MR) is 124 cm³/mol. The van der Waals surface area contributed by atoms with Crippen LogP contribution in [-0.4, -0.2) is 45.8 Å². The van der Waals surface area contributed by atoms with Gasteiger partial charge in [-0.05, 0) is 86.4 Å². The molecule has 184 valence electrons.